The summed E-state index contributed by atoms with van der Waals surface area (Å²) in [4.78, 5) is 3.98. The van der Waals surface area contributed by atoms with Gasteiger partial charge in [0.1, 0.15) is 0 Å². The third-order valence-electron chi connectivity index (χ3n) is 3.11. The van der Waals surface area contributed by atoms with Gasteiger partial charge in [-0.05, 0) is 36.6 Å². The molecule has 1 aromatic heterocycles. The summed E-state index contributed by atoms with van der Waals surface area (Å²) in [6.07, 6.45) is 3.44. The topological polar surface area (TPSA) is 24.9 Å². The maximum absolute atomic E-state index is 6.08. The van der Waals surface area contributed by atoms with E-state index < -0.39 is 0 Å². The average Bonchev–Trinajstić information content (AvgIpc) is 2.38. The van der Waals surface area contributed by atoms with E-state index >= 15 is 0 Å². The number of halogens is 1. The molecule has 0 radical (unpaired) electrons. The van der Waals surface area contributed by atoms with Gasteiger partial charge >= 0.3 is 0 Å². The molecule has 1 unspecified atom stereocenters. The summed E-state index contributed by atoms with van der Waals surface area (Å²) in [7, 11) is 0. The Hall–Kier alpha value is -1.38. The Balaban J connectivity index is 2.03. The normalized spacial score (nSPS) is 12.4. The van der Waals surface area contributed by atoms with E-state index in [2.05, 4.69) is 48.4 Å². The van der Waals surface area contributed by atoms with Gasteiger partial charge in [0, 0.05) is 25.0 Å². The van der Waals surface area contributed by atoms with Crippen molar-refractivity contribution in [2.45, 2.75) is 26.4 Å². The lowest BCUT2D eigenvalue weighted by Gasteiger charge is -2.16. The van der Waals surface area contributed by atoms with Crippen molar-refractivity contribution >= 4 is 11.6 Å². The Kier molecular flexibility index (Phi) is 4.34. The Morgan fingerprint density at radius 3 is 2.78 bits per heavy atom. The van der Waals surface area contributed by atoms with Crippen molar-refractivity contribution in [1.29, 1.82) is 0 Å². The lowest BCUT2D eigenvalue weighted by molar-refractivity contribution is 0.572. The molecule has 0 fully saturated rings. The zero-order chi connectivity index (χ0) is 13.0. The summed E-state index contributed by atoms with van der Waals surface area (Å²) in [6, 6.07) is 10.7. The van der Waals surface area contributed by atoms with Crippen LogP contribution in [0.3, 0.4) is 0 Å². The number of aryl methyl sites for hydroxylation is 1. The predicted molar refractivity (Wildman–Crippen MR) is 75.7 cm³/mol. The highest BCUT2D eigenvalue weighted by Gasteiger charge is 2.08. The molecule has 1 N–H and O–H groups in total. The number of pyridine rings is 1. The summed E-state index contributed by atoms with van der Waals surface area (Å²) in [6.45, 7) is 5.04. The number of nitrogens with one attached hydrogen (secondary N) is 1. The smallest absolute Gasteiger partial charge is 0.0634 e. The second kappa shape index (κ2) is 5.98. The van der Waals surface area contributed by atoms with Gasteiger partial charge < -0.3 is 5.32 Å². The van der Waals surface area contributed by atoms with Gasteiger partial charge in [0.05, 0.1) is 5.02 Å². The molecule has 0 amide bonds. The second-order valence-electron chi connectivity index (χ2n) is 4.43. The monoisotopic (exact) mass is 260 g/mol. The van der Waals surface area contributed by atoms with Crippen molar-refractivity contribution in [3.63, 3.8) is 0 Å². The predicted octanol–water partition coefficient (Wildman–Crippen LogP) is 3.89. The van der Waals surface area contributed by atoms with E-state index in [4.69, 9.17) is 11.6 Å². The van der Waals surface area contributed by atoms with E-state index in [1.54, 1.807) is 12.4 Å². The van der Waals surface area contributed by atoms with E-state index in [-0.39, 0.29) is 0 Å². The van der Waals surface area contributed by atoms with Crippen molar-refractivity contribution in [2.75, 3.05) is 0 Å². The van der Waals surface area contributed by atoms with Crippen molar-refractivity contribution in [2.24, 2.45) is 0 Å². The average molecular weight is 261 g/mol. The van der Waals surface area contributed by atoms with E-state index in [1.165, 1.54) is 11.1 Å². The lowest BCUT2D eigenvalue weighted by atomic mass is 10.0. The fourth-order valence-electron chi connectivity index (χ4n) is 1.99. The van der Waals surface area contributed by atoms with Crippen LogP contribution in [0.4, 0.5) is 0 Å². The van der Waals surface area contributed by atoms with Crippen LogP contribution in [0.5, 0.6) is 0 Å². The number of hydrogen-bond donors (Lipinski definition) is 1. The van der Waals surface area contributed by atoms with Gasteiger partial charge in [-0.15, -0.1) is 0 Å². The summed E-state index contributed by atoms with van der Waals surface area (Å²) in [5, 5.41) is 4.19. The zero-order valence-corrected chi connectivity index (χ0v) is 11.4. The third kappa shape index (κ3) is 3.09. The minimum absolute atomic E-state index is 0.301. The highest BCUT2D eigenvalue weighted by Crippen LogP contribution is 2.19. The van der Waals surface area contributed by atoms with Gasteiger partial charge in [-0.2, -0.15) is 0 Å². The third-order valence-corrected chi connectivity index (χ3v) is 3.45. The quantitative estimate of drug-likeness (QED) is 0.902. The van der Waals surface area contributed by atoms with E-state index in [1.807, 2.05) is 6.07 Å². The Morgan fingerprint density at radius 1 is 1.28 bits per heavy atom. The molecule has 2 aromatic rings. The molecule has 0 saturated carbocycles. The SMILES string of the molecule is Cc1ccccc1C(C)NCc1ccncc1Cl. The molecule has 0 aliphatic carbocycles. The Labute approximate surface area is 113 Å². The molecule has 1 atom stereocenters. The minimum Gasteiger partial charge on any atom is -0.306 e. The van der Waals surface area contributed by atoms with Gasteiger partial charge in [-0.3, -0.25) is 4.98 Å². The first-order valence-corrected chi connectivity index (χ1v) is 6.43. The molecule has 0 spiro atoms. The van der Waals surface area contributed by atoms with Crippen LogP contribution in [0.1, 0.15) is 29.7 Å². The van der Waals surface area contributed by atoms with Crippen LogP contribution in [-0.2, 0) is 6.54 Å². The minimum atomic E-state index is 0.301. The molecule has 1 aromatic carbocycles. The number of nitrogens with zero attached hydrogens (tertiary/aromatic N) is 1. The highest BCUT2D eigenvalue weighted by molar-refractivity contribution is 6.31. The van der Waals surface area contributed by atoms with E-state index in [9.17, 15) is 0 Å². The first kappa shape index (κ1) is 13.1. The summed E-state index contributed by atoms with van der Waals surface area (Å²) in [5.41, 5.74) is 3.70. The molecule has 0 saturated heterocycles. The van der Waals surface area contributed by atoms with Crippen molar-refractivity contribution in [3.05, 3.63) is 64.4 Å². The fraction of sp³-hybridized carbons (Fsp3) is 0.267. The van der Waals surface area contributed by atoms with Crippen LogP contribution in [0.2, 0.25) is 5.02 Å². The molecular weight excluding hydrogens is 244 g/mol. The molecular formula is C15H17ClN2. The summed E-state index contributed by atoms with van der Waals surface area (Å²) < 4.78 is 0. The Morgan fingerprint density at radius 2 is 2.06 bits per heavy atom. The van der Waals surface area contributed by atoms with Crippen molar-refractivity contribution in [1.82, 2.24) is 10.3 Å². The molecule has 3 heteroatoms. The van der Waals surface area contributed by atoms with E-state index in [0.29, 0.717) is 11.1 Å². The van der Waals surface area contributed by atoms with Crippen LogP contribution >= 0.6 is 11.6 Å². The van der Waals surface area contributed by atoms with Crippen LogP contribution in [0.25, 0.3) is 0 Å². The largest absolute Gasteiger partial charge is 0.306 e. The number of benzene rings is 1. The van der Waals surface area contributed by atoms with Gasteiger partial charge in [-0.1, -0.05) is 35.9 Å². The van der Waals surface area contributed by atoms with Crippen LogP contribution in [-0.4, -0.2) is 4.98 Å². The van der Waals surface area contributed by atoms with Gasteiger partial charge in [0.2, 0.25) is 0 Å². The summed E-state index contributed by atoms with van der Waals surface area (Å²) in [5.74, 6) is 0. The van der Waals surface area contributed by atoms with Gasteiger partial charge in [-0.25, -0.2) is 0 Å². The lowest BCUT2D eigenvalue weighted by Crippen LogP contribution is -2.19. The first-order chi connectivity index (χ1) is 8.68. The van der Waals surface area contributed by atoms with Gasteiger partial charge in [0.15, 0.2) is 0 Å². The second-order valence-corrected chi connectivity index (χ2v) is 4.83. The van der Waals surface area contributed by atoms with Crippen molar-refractivity contribution in [3.8, 4) is 0 Å². The zero-order valence-electron chi connectivity index (χ0n) is 10.7. The van der Waals surface area contributed by atoms with E-state index in [0.717, 1.165) is 12.1 Å². The maximum atomic E-state index is 6.08. The van der Waals surface area contributed by atoms with Gasteiger partial charge in [0.25, 0.3) is 0 Å². The van der Waals surface area contributed by atoms with Crippen LogP contribution in [0, 0.1) is 6.92 Å². The number of hydrogen-bond acceptors (Lipinski definition) is 2. The van der Waals surface area contributed by atoms with Crippen LogP contribution in [0.15, 0.2) is 42.7 Å². The molecule has 94 valence electrons. The number of rotatable bonds is 4. The summed E-state index contributed by atoms with van der Waals surface area (Å²) >= 11 is 6.08. The fourth-order valence-corrected chi connectivity index (χ4v) is 2.18. The Bertz CT molecular complexity index is 525. The highest BCUT2D eigenvalue weighted by atomic mass is 35.5. The van der Waals surface area contributed by atoms with Crippen molar-refractivity contribution < 1.29 is 0 Å². The standard InChI is InChI=1S/C15H17ClN2/c1-11-5-3-4-6-14(11)12(2)18-9-13-7-8-17-10-15(13)16/h3-8,10,12,18H,9H2,1-2H3. The molecule has 0 bridgehead atoms. The molecule has 1 heterocycles. The maximum Gasteiger partial charge on any atom is 0.0634 e. The molecule has 18 heavy (non-hydrogen) atoms. The number of aromatic nitrogens is 1. The van der Waals surface area contributed by atoms with Crippen LogP contribution < -0.4 is 5.32 Å². The molecule has 0 aliphatic heterocycles. The molecule has 2 rings (SSSR count). The molecule has 2 nitrogen and oxygen atoms in total. The first-order valence-electron chi connectivity index (χ1n) is 6.06. The molecule has 0 aliphatic rings.